The first kappa shape index (κ1) is 12.5. The van der Waals surface area contributed by atoms with Crippen molar-refractivity contribution in [3.05, 3.63) is 29.3 Å². The Morgan fingerprint density at radius 3 is 2.56 bits per heavy atom. The molecular formula is C11H13ClN2O2. The largest absolute Gasteiger partial charge is 0.337 e. The standard InChI is InChI=1S/C11H13ClN2O2/c1-8(15)14(2)7-11(16)13-10-6-4-3-5-9(10)12/h3-6H,7H2,1-2H3,(H,13,16). The number of likely N-dealkylation sites (N-methyl/N-ethyl adjacent to an activating group) is 1. The molecule has 0 aliphatic heterocycles. The lowest BCUT2D eigenvalue weighted by molar-refractivity contribution is -0.131. The van der Waals surface area contributed by atoms with Crippen molar-refractivity contribution in [2.45, 2.75) is 6.92 Å². The Morgan fingerprint density at radius 2 is 2.00 bits per heavy atom. The number of benzene rings is 1. The van der Waals surface area contributed by atoms with Gasteiger partial charge in [0.15, 0.2) is 0 Å². The van der Waals surface area contributed by atoms with E-state index in [4.69, 9.17) is 11.6 Å². The highest BCUT2D eigenvalue weighted by molar-refractivity contribution is 6.33. The van der Waals surface area contributed by atoms with Crippen molar-refractivity contribution in [1.82, 2.24) is 4.90 Å². The highest BCUT2D eigenvalue weighted by Crippen LogP contribution is 2.20. The number of para-hydroxylation sites is 1. The van der Waals surface area contributed by atoms with Gasteiger partial charge in [0, 0.05) is 14.0 Å². The quantitative estimate of drug-likeness (QED) is 0.875. The van der Waals surface area contributed by atoms with Gasteiger partial charge in [-0.3, -0.25) is 9.59 Å². The summed E-state index contributed by atoms with van der Waals surface area (Å²) in [4.78, 5) is 23.8. The third kappa shape index (κ3) is 3.55. The number of hydrogen-bond donors (Lipinski definition) is 1. The van der Waals surface area contributed by atoms with Crippen LogP contribution >= 0.6 is 11.6 Å². The van der Waals surface area contributed by atoms with Crippen LogP contribution in [0.4, 0.5) is 5.69 Å². The predicted molar refractivity (Wildman–Crippen MR) is 63.4 cm³/mol. The maximum absolute atomic E-state index is 11.5. The van der Waals surface area contributed by atoms with Gasteiger partial charge in [-0.2, -0.15) is 0 Å². The van der Waals surface area contributed by atoms with E-state index in [9.17, 15) is 9.59 Å². The number of hydrogen-bond acceptors (Lipinski definition) is 2. The summed E-state index contributed by atoms with van der Waals surface area (Å²) in [5.74, 6) is -0.430. The van der Waals surface area contributed by atoms with Gasteiger partial charge in [-0.1, -0.05) is 23.7 Å². The zero-order chi connectivity index (χ0) is 12.1. The van der Waals surface area contributed by atoms with Crippen LogP contribution in [0.3, 0.4) is 0 Å². The molecule has 0 atom stereocenters. The number of carbonyl (C=O) groups excluding carboxylic acids is 2. The van der Waals surface area contributed by atoms with Crippen LogP contribution in [-0.2, 0) is 9.59 Å². The zero-order valence-electron chi connectivity index (χ0n) is 9.16. The van der Waals surface area contributed by atoms with E-state index in [2.05, 4.69) is 5.32 Å². The molecule has 1 aromatic rings. The SMILES string of the molecule is CC(=O)N(C)CC(=O)Nc1ccccc1Cl. The van der Waals surface area contributed by atoms with Gasteiger partial charge in [-0.25, -0.2) is 0 Å². The number of halogens is 1. The Bertz CT molecular complexity index is 407. The molecular weight excluding hydrogens is 228 g/mol. The number of rotatable bonds is 3. The molecule has 1 N–H and O–H groups in total. The van der Waals surface area contributed by atoms with Crippen LogP contribution in [0.5, 0.6) is 0 Å². The van der Waals surface area contributed by atoms with Crippen molar-refractivity contribution in [2.75, 3.05) is 18.9 Å². The minimum absolute atomic E-state index is 0.0144. The topological polar surface area (TPSA) is 49.4 Å². The zero-order valence-corrected chi connectivity index (χ0v) is 9.91. The van der Waals surface area contributed by atoms with E-state index in [1.165, 1.54) is 11.8 Å². The highest BCUT2D eigenvalue weighted by atomic mass is 35.5. The number of nitrogens with one attached hydrogen (secondary N) is 1. The van der Waals surface area contributed by atoms with Crippen LogP contribution in [0.2, 0.25) is 5.02 Å². The maximum atomic E-state index is 11.5. The molecule has 0 spiro atoms. The van der Waals surface area contributed by atoms with Crippen LogP contribution in [0, 0.1) is 0 Å². The highest BCUT2D eigenvalue weighted by Gasteiger charge is 2.09. The van der Waals surface area contributed by atoms with Gasteiger partial charge in [-0.05, 0) is 12.1 Å². The Hall–Kier alpha value is -1.55. The Labute approximate surface area is 99.2 Å². The average molecular weight is 241 g/mol. The molecule has 0 aromatic heterocycles. The van der Waals surface area contributed by atoms with Gasteiger partial charge in [0.05, 0.1) is 17.3 Å². The van der Waals surface area contributed by atoms with Gasteiger partial charge in [0.2, 0.25) is 11.8 Å². The van der Waals surface area contributed by atoms with E-state index in [0.717, 1.165) is 0 Å². The van der Waals surface area contributed by atoms with Gasteiger partial charge >= 0.3 is 0 Å². The first-order valence-corrected chi connectivity index (χ1v) is 5.14. The van der Waals surface area contributed by atoms with Gasteiger partial charge in [0.1, 0.15) is 0 Å². The molecule has 1 rings (SSSR count). The summed E-state index contributed by atoms with van der Waals surface area (Å²) in [5.41, 5.74) is 0.547. The Balaban J connectivity index is 2.59. The van der Waals surface area contributed by atoms with E-state index in [-0.39, 0.29) is 18.4 Å². The van der Waals surface area contributed by atoms with E-state index in [1.807, 2.05) is 0 Å². The van der Waals surface area contributed by atoms with Crippen molar-refractivity contribution >= 4 is 29.1 Å². The first-order chi connectivity index (χ1) is 7.50. The molecule has 0 saturated heterocycles. The molecule has 0 aliphatic carbocycles. The summed E-state index contributed by atoms with van der Waals surface area (Å²) < 4.78 is 0. The number of carbonyl (C=O) groups is 2. The molecule has 1 aromatic carbocycles. The minimum Gasteiger partial charge on any atom is -0.337 e. The fraction of sp³-hybridized carbons (Fsp3) is 0.273. The maximum Gasteiger partial charge on any atom is 0.244 e. The molecule has 86 valence electrons. The average Bonchev–Trinajstić information content (AvgIpc) is 2.21. The molecule has 0 aliphatic rings. The van der Waals surface area contributed by atoms with Crippen LogP contribution in [0.25, 0.3) is 0 Å². The number of amides is 2. The van der Waals surface area contributed by atoms with Gasteiger partial charge in [-0.15, -0.1) is 0 Å². The van der Waals surface area contributed by atoms with Crippen LogP contribution in [0.15, 0.2) is 24.3 Å². The smallest absolute Gasteiger partial charge is 0.244 e. The van der Waals surface area contributed by atoms with Crippen molar-refractivity contribution in [3.8, 4) is 0 Å². The summed E-state index contributed by atoms with van der Waals surface area (Å²) in [6, 6.07) is 6.94. The molecule has 0 fully saturated rings. The second-order valence-corrected chi connectivity index (χ2v) is 3.81. The molecule has 0 saturated carbocycles. The summed E-state index contributed by atoms with van der Waals surface area (Å²) in [6.45, 7) is 1.42. The summed E-state index contributed by atoms with van der Waals surface area (Å²) in [5, 5.41) is 3.10. The summed E-state index contributed by atoms with van der Waals surface area (Å²) in [7, 11) is 1.56. The molecule has 5 heteroatoms. The van der Waals surface area contributed by atoms with E-state index >= 15 is 0 Å². The lowest BCUT2D eigenvalue weighted by Crippen LogP contribution is -2.33. The fourth-order valence-corrected chi connectivity index (χ4v) is 1.26. The summed E-state index contributed by atoms with van der Waals surface area (Å²) >= 11 is 5.87. The first-order valence-electron chi connectivity index (χ1n) is 4.77. The molecule has 0 radical (unpaired) electrons. The van der Waals surface area contributed by atoms with Crippen molar-refractivity contribution < 1.29 is 9.59 Å². The van der Waals surface area contributed by atoms with Gasteiger partial charge < -0.3 is 10.2 Å². The van der Waals surface area contributed by atoms with Crippen molar-refractivity contribution in [3.63, 3.8) is 0 Å². The lowest BCUT2D eigenvalue weighted by Gasteiger charge is -2.14. The third-order valence-electron chi connectivity index (χ3n) is 2.07. The molecule has 0 unspecified atom stereocenters. The van der Waals surface area contributed by atoms with Gasteiger partial charge in [0.25, 0.3) is 0 Å². The normalized spacial score (nSPS) is 9.69. The Kier molecular flexibility index (Phi) is 4.31. The number of nitrogens with zero attached hydrogens (tertiary/aromatic N) is 1. The predicted octanol–water partition coefficient (Wildman–Crippen LogP) is 1.76. The van der Waals surface area contributed by atoms with Crippen LogP contribution in [0.1, 0.15) is 6.92 Å². The van der Waals surface area contributed by atoms with Crippen molar-refractivity contribution in [1.29, 1.82) is 0 Å². The number of anilines is 1. The third-order valence-corrected chi connectivity index (χ3v) is 2.40. The summed E-state index contributed by atoms with van der Waals surface area (Å²) in [6.07, 6.45) is 0. The molecule has 2 amide bonds. The molecule has 16 heavy (non-hydrogen) atoms. The van der Waals surface area contributed by atoms with Crippen molar-refractivity contribution in [2.24, 2.45) is 0 Å². The molecule has 0 bridgehead atoms. The minimum atomic E-state index is -0.272. The van der Waals surface area contributed by atoms with Crippen LogP contribution in [-0.4, -0.2) is 30.3 Å². The molecule has 4 nitrogen and oxygen atoms in total. The monoisotopic (exact) mass is 240 g/mol. The van der Waals surface area contributed by atoms with E-state index in [1.54, 1.807) is 31.3 Å². The Morgan fingerprint density at radius 1 is 1.38 bits per heavy atom. The fourth-order valence-electron chi connectivity index (χ4n) is 1.08. The van der Waals surface area contributed by atoms with Crippen LogP contribution < -0.4 is 5.32 Å². The van der Waals surface area contributed by atoms with E-state index in [0.29, 0.717) is 10.7 Å². The van der Waals surface area contributed by atoms with E-state index < -0.39 is 0 Å². The molecule has 0 heterocycles. The lowest BCUT2D eigenvalue weighted by atomic mass is 10.3. The second-order valence-electron chi connectivity index (χ2n) is 3.40. The second kappa shape index (κ2) is 5.51.